The number of nitrogens with one attached hydrogen (secondary N) is 1. The highest BCUT2D eigenvalue weighted by molar-refractivity contribution is 7.80. The molecule has 1 N–H and O–H groups in total. The molecule has 1 aliphatic carbocycles. The predicted octanol–water partition coefficient (Wildman–Crippen LogP) is 2.61. The zero-order valence-electron chi connectivity index (χ0n) is 10.4. The standard InChI is InChI=1S/C14H15FN2OS/c15-10-6-2-4-8-12(10)17-13(18)9-5-1-3-7-11(9)16-14(17)19/h2,4,6,8-9,11H,1,3,5,7H2,(H,16,19). The number of para-hydroxylation sites is 1. The fraction of sp³-hybridized carbons (Fsp3) is 0.429. The van der Waals surface area contributed by atoms with Gasteiger partial charge in [0, 0.05) is 6.04 Å². The highest BCUT2D eigenvalue weighted by atomic mass is 32.1. The summed E-state index contributed by atoms with van der Waals surface area (Å²) in [6, 6.07) is 6.37. The summed E-state index contributed by atoms with van der Waals surface area (Å²) < 4.78 is 13.9. The van der Waals surface area contributed by atoms with Crippen LogP contribution in [-0.2, 0) is 4.79 Å². The number of hydrogen-bond donors (Lipinski definition) is 1. The van der Waals surface area contributed by atoms with Crippen molar-refractivity contribution in [2.24, 2.45) is 5.92 Å². The topological polar surface area (TPSA) is 32.3 Å². The molecule has 1 saturated carbocycles. The number of halogens is 1. The third kappa shape index (κ3) is 2.12. The molecule has 1 aliphatic heterocycles. The molecule has 0 radical (unpaired) electrons. The third-order valence-electron chi connectivity index (χ3n) is 3.91. The summed E-state index contributed by atoms with van der Waals surface area (Å²) in [7, 11) is 0. The number of benzene rings is 1. The Balaban J connectivity index is 1.95. The van der Waals surface area contributed by atoms with E-state index in [4.69, 9.17) is 12.2 Å². The summed E-state index contributed by atoms with van der Waals surface area (Å²) in [5, 5.41) is 3.51. The number of amides is 1. The van der Waals surface area contributed by atoms with Crippen LogP contribution >= 0.6 is 12.2 Å². The Hall–Kier alpha value is -1.49. The van der Waals surface area contributed by atoms with Crippen molar-refractivity contribution in [3.8, 4) is 0 Å². The van der Waals surface area contributed by atoms with E-state index >= 15 is 0 Å². The van der Waals surface area contributed by atoms with Gasteiger partial charge in [-0.05, 0) is 37.2 Å². The monoisotopic (exact) mass is 278 g/mol. The molecule has 2 unspecified atom stereocenters. The minimum atomic E-state index is -0.422. The molecule has 2 atom stereocenters. The molecule has 0 spiro atoms. The number of thiocarbonyl (C=S) groups is 1. The molecule has 0 aromatic heterocycles. The summed E-state index contributed by atoms with van der Waals surface area (Å²) in [6.07, 6.45) is 3.97. The second kappa shape index (κ2) is 4.89. The second-order valence-electron chi connectivity index (χ2n) is 5.07. The van der Waals surface area contributed by atoms with Gasteiger partial charge in [-0.25, -0.2) is 4.39 Å². The van der Waals surface area contributed by atoms with Crippen molar-refractivity contribution in [3.63, 3.8) is 0 Å². The maximum Gasteiger partial charge on any atom is 0.238 e. The molecule has 1 heterocycles. The van der Waals surface area contributed by atoms with Crippen molar-refractivity contribution in [1.29, 1.82) is 0 Å². The lowest BCUT2D eigenvalue weighted by Crippen LogP contribution is -2.61. The van der Waals surface area contributed by atoms with E-state index < -0.39 is 5.82 Å². The summed E-state index contributed by atoms with van der Waals surface area (Å²) >= 11 is 5.24. The SMILES string of the molecule is O=C1C2CCCCC2NC(=S)N1c1ccccc1F. The van der Waals surface area contributed by atoms with Crippen LogP contribution in [0.3, 0.4) is 0 Å². The molecule has 1 aromatic rings. The lowest BCUT2D eigenvalue weighted by molar-refractivity contribution is -0.123. The van der Waals surface area contributed by atoms with Crippen LogP contribution in [0.25, 0.3) is 0 Å². The first kappa shape index (κ1) is 12.5. The van der Waals surface area contributed by atoms with Gasteiger partial charge in [0.15, 0.2) is 5.11 Å². The molecule has 100 valence electrons. The lowest BCUT2D eigenvalue weighted by Gasteiger charge is -2.41. The van der Waals surface area contributed by atoms with E-state index in [2.05, 4.69) is 5.32 Å². The number of nitrogens with zero attached hydrogens (tertiary/aromatic N) is 1. The van der Waals surface area contributed by atoms with E-state index in [1.165, 1.54) is 11.0 Å². The Bertz CT molecular complexity index is 534. The number of anilines is 1. The molecule has 19 heavy (non-hydrogen) atoms. The number of carbonyl (C=O) groups is 1. The second-order valence-corrected chi connectivity index (χ2v) is 5.46. The van der Waals surface area contributed by atoms with Crippen molar-refractivity contribution in [2.45, 2.75) is 31.7 Å². The molecule has 1 aromatic carbocycles. The Morgan fingerprint density at radius 1 is 1.26 bits per heavy atom. The van der Waals surface area contributed by atoms with E-state index in [0.29, 0.717) is 5.11 Å². The number of fused-ring (bicyclic) bond motifs is 1. The average Bonchev–Trinajstić information content (AvgIpc) is 2.41. The quantitative estimate of drug-likeness (QED) is 0.801. The number of carbonyl (C=O) groups excluding carboxylic acids is 1. The van der Waals surface area contributed by atoms with Gasteiger partial charge in [-0.1, -0.05) is 25.0 Å². The summed E-state index contributed by atoms with van der Waals surface area (Å²) in [5.74, 6) is -0.576. The van der Waals surface area contributed by atoms with Crippen molar-refractivity contribution >= 4 is 28.9 Å². The minimum Gasteiger partial charge on any atom is -0.358 e. The van der Waals surface area contributed by atoms with Gasteiger partial charge in [0.1, 0.15) is 5.82 Å². The number of hydrogen-bond acceptors (Lipinski definition) is 2. The molecule has 2 aliphatic rings. The maximum absolute atomic E-state index is 13.9. The molecule has 2 fully saturated rings. The van der Waals surface area contributed by atoms with Crippen LogP contribution in [0.4, 0.5) is 10.1 Å². The van der Waals surface area contributed by atoms with Crippen molar-refractivity contribution < 1.29 is 9.18 Å². The first-order valence-corrected chi connectivity index (χ1v) is 6.98. The normalized spacial score (nSPS) is 26.9. The van der Waals surface area contributed by atoms with E-state index in [1.54, 1.807) is 18.2 Å². The molecule has 3 nitrogen and oxygen atoms in total. The summed E-state index contributed by atoms with van der Waals surface area (Å²) in [6.45, 7) is 0. The summed E-state index contributed by atoms with van der Waals surface area (Å²) in [5.41, 5.74) is 0.244. The van der Waals surface area contributed by atoms with Gasteiger partial charge in [-0.3, -0.25) is 9.69 Å². The van der Waals surface area contributed by atoms with E-state index in [9.17, 15) is 9.18 Å². The van der Waals surface area contributed by atoms with Gasteiger partial charge in [0.2, 0.25) is 5.91 Å². The van der Waals surface area contributed by atoms with Crippen LogP contribution in [0, 0.1) is 11.7 Å². The van der Waals surface area contributed by atoms with Crippen LogP contribution in [0.5, 0.6) is 0 Å². The van der Waals surface area contributed by atoms with Gasteiger partial charge in [-0.15, -0.1) is 0 Å². The average molecular weight is 278 g/mol. The third-order valence-corrected chi connectivity index (χ3v) is 4.21. The van der Waals surface area contributed by atoms with Gasteiger partial charge >= 0.3 is 0 Å². The molecule has 5 heteroatoms. The Labute approximate surface area is 116 Å². The van der Waals surface area contributed by atoms with E-state index in [0.717, 1.165) is 25.7 Å². The fourth-order valence-electron chi connectivity index (χ4n) is 2.95. The van der Waals surface area contributed by atoms with Gasteiger partial charge in [0.05, 0.1) is 11.6 Å². The van der Waals surface area contributed by atoms with E-state index in [-0.39, 0.29) is 23.6 Å². The van der Waals surface area contributed by atoms with Crippen LogP contribution in [0.1, 0.15) is 25.7 Å². The fourth-order valence-corrected chi connectivity index (χ4v) is 3.29. The molecular formula is C14H15FN2OS. The molecular weight excluding hydrogens is 263 g/mol. The molecule has 1 amide bonds. The van der Waals surface area contributed by atoms with Crippen LogP contribution in [0.15, 0.2) is 24.3 Å². The Morgan fingerprint density at radius 2 is 2.00 bits per heavy atom. The number of rotatable bonds is 1. The van der Waals surface area contributed by atoms with Crippen LogP contribution < -0.4 is 10.2 Å². The first-order chi connectivity index (χ1) is 9.18. The highest BCUT2D eigenvalue weighted by Crippen LogP contribution is 2.32. The Morgan fingerprint density at radius 3 is 2.79 bits per heavy atom. The van der Waals surface area contributed by atoms with Crippen LogP contribution in [-0.4, -0.2) is 17.1 Å². The maximum atomic E-state index is 13.9. The van der Waals surface area contributed by atoms with Crippen molar-refractivity contribution in [2.75, 3.05) is 4.90 Å². The molecule has 3 rings (SSSR count). The first-order valence-electron chi connectivity index (χ1n) is 6.57. The zero-order valence-corrected chi connectivity index (χ0v) is 11.3. The smallest absolute Gasteiger partial charge is 0.238 e. The highest BCUT2D eigenvalue weighted by Gasteiger charge is 2.41. The molecule has 0 bridgehead atoms. The Kier molecular flexibility index (Phi) is 3.22. The predicted molar refractivity (Wildman–Crippen MR) is 75.4 cm³/mol. The van der Waals surface area contributed by atoms with Crippen molar-refractivity contribution in [1.82, 2.24) is 5.32 Å². The zero-order chi connectivity index (χ0) is 13.4. The minimum absolute atomic E-state index is 0.0708. The van der Waals surface area contributed by atoms with Crippen LogP contribution in [0.2, 0.25) is 0 Å². The van der Waals surface area contributed by atoms with Crippen molar-refractivity contribution in [3.05, 3.63) is 30.1 Å². The summed E-state index contributed by atoms with van der Waals surface area (Å²) in [4.78, 5) is 13.9. The molecule has 1 saturated heterocycles. The van der Waals surface area contributed by atoms with Gasteiger partial charge in [-0.2, -0.15) is 0 Å². The largest absolute Gasteiger partial charge is 0.358 e. The van der Waals surface area contributed by atoms with E-state index in [1.807, 2.05) is 0 Å². The van der Waals surface area contributed by atoms with Gasteiger partial charge < -0.3 is 5.32 Å². The van der Waals surface area contributed by atoms with Gasteiger partial charge in [0.25, 0.3) is 0 Å². The lowest BCUT2D eigenvalue weighted by atomic mass is 9.82.